The summed E-state index contributed by atoms with van der Waals surface area (Å²) < 4.78 is 13.6. The molecule has 0 radical (unpaired) electrons. The van der Waals surface area contributed by atoms with Crippen molar-refractivity contribution in [1.82, 2.24) is 0 Å². The summed E-state index contributed by atoms with van der Waals surface area (Å²) in [7, 11) is 0. The number of rotatable bonds is 1. The number of allylic oxidation sites excluding steroid dienone is 1. The van der Waals surface area contributed by atoms with Crippen molar-refractivity contribution >= 4 is 6.08 Å². The molecule has 0 aliphatic heterocycles. The Kier molecular flexibility index (Phi) is 4.56. The maximum Gasteiger partial charge on any atom is 0.123 e. The van der Waals surface area contributed by atoms with Crippen molar-refractivity contribution in [3.63, 3.8) is 0 Å². The molecule has 4 aliphatic carbocycles. The van der Waals surface area contributed by atoms with Crippen LogP contribution in [-0.4, -0.2) is 22.4 Å². The average Bonchev–Trinajstić information content (AvgIpc) is 2.93. The molecule has 156 valence electrons. The Morgan fingerprint density at radius 3 is 2.69 bits per heavy atom. The number of benzene rings is 1. The molecule has 0 unspecified atom stereocenters. The summed E-state index contributed by atoms with van der Waals surface area (Å²) in [6.45, 7) is 4.70. The fourth-order valence-electron chi connectivity index (χ4n) is 7.45. The molecule has 3 heteroatoms. The van der Waals surface area contributed by atoms with Crippen LogP contribution in [0.3, 0.4) is 0 Å². The quantitative estimate of drug-likeness (QED) is 0.615. The lowest BCUT2D eigenvalue weighted by molar-refractivity contribution is -0.0685. The van der Waals surface area contributed by atoms with Gasteiger partial charge >= 0.3 is 0 Å². The molecule has 1 aromatic rings. The minimum atomic E-state index is -0.442. The highest BCUT2D eigenvalue weighted by Crippen LogP contribution is 2.65. The predicted molar refractivity (Wildman–Crippen MR) is 113 cm³/mol. The van der Waals surface area contributed by atoms with Gasteiger partial charge in [0, 0.05) is 5.41 Å². The van der Waals surface area contributed by atoms with Crippen molar-refractivity contribution in [1.29, 1.82) is 0 Å². The minimum absolute atomic E-state index is 0.0871. The molecule has 0 bridgehead atoms. The van der Waals surface area contributed by atoms with Crippen LogP contribution < -0.4 is 0 Å². The highest BCUT2D eigenvalue weighted by Gasteiger charge is 2.59. The van der Waals surface area contributed by atoms with Crippen molar-refractivity contribution in [2.24, 2.45) is 28.6 Å². The molecule has 0 saturated heterocycles. The van der Waals surface area contributed by atoms with Gasteiger partial charge in [0.1, 0.15) is 5.82 Å². The van der Waals surface area contributed by atoms with Gasteiger partial charge in [-0.3, -0.25) is 0 Å². The number of aliphatic hydroxyl groups is 2. The van der Waals surface area contributed by atoms with Crippen LogP contribution in [0.4, 0.5) is 4.39 Å². The SMILES string of the molecule is C[C@]12CC[C@@H]3[C@H](CC=C4C[C@H](O)CC[C@@]43C)[C@@H]1C/C(=C\c1cccc(F)c1)[C@@H]2O. The molecule has 5 rings (SSSR count). The van der Waals surface area contributed by atoms with E-state index in [1.54, 1.807) is 12.1 Å². The Bertz CT molecular complexity index is 873. The van der Waals surface area contributed by atoms with Gasteiger partial charge in [-0.25, -0.2) is 4.39 Å². The highest BCUT2D eigenvalue weighted by molar-refractivity contribution is 5.55. The average molecular weight is 397 g/mol. The zero-order valence-electron chi connectivity index (χ0n) is 17.6. The molecule has 3 saturated carbocycles. The number of fused-ring (bicyclic) bond motifs is 5. The second-order valence-corrected chi connectivity index (χ2v) is 10.6. The number of halogens is 1. The zero-order chi connectivity index (χ0) is 20.4. The molecule has 3 fully saturated rings. The van der Waals surface area contributed by atoms with Crippen LogP contribution in [0.15, 0.2) is 41.5 Å². The molecular formula is C26H33FO2. The topological polar surface area (TPSA) is 40.5 Å². The lowest BCUT2D eigenvalue weighted by atomic mass is 9.48. The van der Waals surface area contributed by atoms with Crippen molar-refractivity contribution in [2.75, 3.05) is 0 Å². The first kappa shape index (κ1) is 19.5. The van der Waals surface area contributed by atoms with Gasteiger partial charge in [-0.1, -0.05) is 43.7 Å². The molecule has 0 aromatic heterocycles. The second-order valence-electron chi connectivity index (χ2n) is 10.6. The van der Waals surface area contributed by atoms with E-state index in [2.05, 4.69) is 19.9 Å². The lowest BCUT2D eigenvalue weighted by Crippen LogP contribution is -2.51. The first-order chi connectivity index (χ1) is 13.8. The minimum Gasteiger partial charge on any atom is -0.393 e. The van der Waals surface area contributed by atoms with E-state index in [0.29, 0.717) is 17.8 Å². The largest absolute Gasteiger partial charge is 0.393 e. The number of aliphatic hydroxyl groups excluding tert-OH is 2. The fraction of sp³-hybridized carbons (Fsp3) is 0.615. The molecular weight excluding hydrogens is 363 g/mol. The van der Waals surface area contributed by atoms with Crippen LogP contribution in [0.25, 0.3) is 6.08 Å². The summed E-state index contributed by atoms with van der Waals surface area (Å²) in [5.74, 6) is 1.48. The molecule has 1 aromatic carbocycles. The Hall–Kier alpha value is -1.45. The Labute approximate surface area is 173 Å². The Morgan fingerprint density at radius 1 is 1.07 bits per heavy atom. The molecule has 0 spiro atoms. The van der Waals surface area contributed by atoms with E-state index in [9.17, 15) is 14.6 Å². The van der Waals surface area contributed by atoms with E-state index < -0.39 is 6.10 Å². The van der Waals surface area contributed by atoms with Crippen LogP contribution in [0.5, 0.6) is 0 Å². The lowest BCUT2D eigenvalue weighted by Gasteiger charge is -2.57. The standard InChI is InChI=1S/C26H33FO2/c1-25-10-8-20(28)15-18(25)6-7-21-22(25)9-11-26(2)23(21)14-17(24(26)29)12-16-4-3-5-19(27)13-16/h3-6,12-13,20-24,28-29H,7-11,14-15H2,1-2H3/b17-12+/t20-,21+,22-,23+,24+,25+,26+/m1/s1. The number of hydrogen-bond donors (Lipinski definition) is 2. The molecule has 2 N–H and O–H groups in total. The molecule has 0 heterocycles. The van der Waals surface area contributed by atoms with Gasteiger partial charge in [-0.2, -0.15) is 0 Å². The van der Waals surface area contributed by atoms with Gasteiger partial charge in [0.2, 0.25) is 0 Å². The van der Waals surface area contributed by atoms with Crippen molar-refractivity contribution in [3.05, 3.63) is 52.9 Å². The van der Waals surface area contributed by atoms with Crippen LogP contribution in [0, 0.1) is 34.4 Å². The van der Waals surface area contributed by atoms with Crippen LogP contribution in [0.2, 0.25) is 0 Å². The summed E-state index contributed by atoms with van der Waals surface area (Å²) >= 11 is 0. The zero-order valence-corrected chi connectivity index (χ0v) is 17.6. The third-order valence-electron chi connectivity index (χ3n) is 9.15. The van der Waals surface area contributed by atoms with Crippen LogP contribution in [-0.2, 0) is 0 Å². The smallest absolute Gasteiger partial charge is 0.123 e. The monoisotopic (exact) mass is 396 g/mol. The summed E-state index contributed by atoms with van der Waals surface area (Å²) in [6.07, 6.45) is 10.9. The second kappa shape index (κ2) is 6.78. The molecule has 29 heavy (non-hydrogen) atoms. The van der Waals surface area contributed by atoms with Gasteiger partial charge < -0.3 is 10.2 Å². The van der Waals surface area contributed by atoms with E-state index in [4.69, 9.17) is 0 Å². The third-order valence-corrected chi connectivity index (χ3v) is 9.15. The highest BCUT2D eigenvalue weighted by atomic mass is 19.1. The van der Waals surface area contributed by atoms with Gasteiger partial charge in [0.15, 0.2) is 0 Å². The Balaban J connectivity index is 1.47. The molecule has 2 nitrogen and oxygen atoms in total. The van der Waals surface area contributed by atoms with E-state index in [-0.39, 0.29) is 22.8 Å². The summed E-state index contributed by atoms with van der Waals surface area (Å²) in [5.41, 5.74) is 3.52. The normalized spacial score (nSPS) is 45.3. The van der Waals surface area contributed by atoms with Crippen molar-refractivity contribution in [2.45, 2.75) is 71.0 Å². The summed E-state index contributed by atoms with van der Waals surface area (Å²) in [6, 6.07) is 6.67. The third kappa shape index (κ3) is 2.96. The maximum absolute atomic E-state index is 13.6. The summed E-state index contributed by atoms with van der Waals surface area (Å²) in [5, 5.41) is 21.5. The summed E-state index contributed by atoms with van der Waals surface area (Å²) in [4.78, 5) is 0. The first-order valence-corrected chi connectivity index (χ1v) is 11.3. The van der Waals surface area contributed by atoms with Crippen molar-refractivity contribution in [3.8, 4) is 0 Å². The van der Waals surface area contributed by atoms with Gasteiger partial charge in [-0.05, 0) is 91.4 Å². The van der Waals surface area contributed by atoms with E-state index in [1.165, 1.54) is 11.6 Å². The molecule has 0 amide bonds. The van der Waals surface area contributed by atoms with E-state index >= 15 is 0 Å². The van der Waals surface area contributed by atoms with E-state index in [0.717, 1.165) is 56.1 Å². The first-order valence-electron chi connectivity index (χ1n) is 11.3. The van der Waals surface area contributed by atoms with Gasteiger partial charge in [-0.15, -0.1) is 0 Å². The molecule has 7 atom stereocenters. The van der Waals surface area contributed by atoms with Crippen LogP contribution >= 0.6 is 0 Å². The maximum atomic E-state index is 13.6. The van der Waals surface area contributed by atoms with Gasteiger partial charge in [0.25, 0.3) is 0 Å². The fourth-order valence-corrected chi connectivity index (χ4v) is 7.45. The number of hydrogen-bond acceptors (Lipinski definition) is 2. The van der Waals surface area contributed by atoms with Gasteiger partial charge in [0.05, 0.1) is 12.2 Å². The van der Waals surface area contributed by atoms with Crippen LogP contribution in [0.1, 0.15) is 64.4 Å². The van der Waals surface area contributed by atoms with Crippen molar-refractivity contribution < 1.29 is 14.6 Å². The van der Waals surface area contributed by atoms with E-state index in [1.807, 2.05) is 12.1 Å². The predicted octanol–water partition coefficient (Wildman–Crippen LogP) is 5.50. The Morgan fingerprint density at radius 2 is 1.90 bits per heavy atom. The molecule has 4 aliphatic rings.